The first-order chi connectivity index (χ1) is 16.8. The second-order valence-corrected chi connectivity index (χ2v) is 9.93. The van der Waals surface area contributed by atoms with Crippen molar-refractivity contribution in [2.45, 2.75) is 43.9 Å². The van der Waals surface area contributed by atoms with Crippen molar-refractivity contribution in [3.8, 4) is 5.19 Å². The van der Waals surface area contributed by atoms with Crippen LogP contribution in [0.2, 0.25) is 0 Å². The average molecular weight is 477 g/mol. The van der Waals surface area contributed by atoms with Gasteiger partial charge in [0.1, 0.15) is 6.10 Å². The molecule has 0 aliphatic carbocycles. The van der Waals surface area contributed by atoms with Crippen molar-refractivity contribution in [3.63, 3.8) is 0 Å². The van der Waals surface area contributed by atoms with Gasteiger partial charge in [-0.1, -0.05) is 72.0 Å². The summed E-state index contributed by atoms with van der Waals surface area (Å²) < 4.78 is 6.01. The van der Waals surface area contributed by atoms with Crippen LogP contribution in [0.5, 0.6) is 5.19 Å². The molecule has 2 amide bonds. The number of piperidine rings is 2. The van der Waals surface area contributed by atoms with Gasteiger partial charge >= 0.3 is 6.03 Å². The molecule has 0 atom stereocenters. The fraction of sp³-hybridized carbons (Fsp3) is 0.407. The van der Waals surface area contributed by atoms with Crippen molar-refractivity contribution in [1.82, 2.24) is 20.1 Å². The summed E-state index contributed by atoms with van der Waals surface area (Å²) in [4.78, 5) is 22.0. The van der Waals surface area contributed by atoms with E-state index in [4.69, 9.17) is 4.74 Å². The molecule has 2 saturated heterocycles. The monoisotopic (exact) mass is 476 g/mol. The van der Waals surface area contributed by atoms with Crippen LogP contribution >= 0.6 is 11.3 Å². The summed E-state index contributed by atoms with van der Waals surface area (Å²) >= 11 is 1.56. The van der Waals surface area contributed by atoms with Crippen LogP contribution < -0.4 is 10.1 Å². The second kappa shape index (κ2) is 11.0. The van der Waals surface area contributed by atoms with Gasteiger partial charge < -0.3 is 15.0 Å². The molecule has 2 aliphatic heterocycles. The number of ether oxygens (including phenoxy) is 1. The number of hydrogen-bond acceptors (Lipinski definition) is 5. The largest absolute Gasteiger partial charge is 0.467 e. The van der Waals surface area contributed by atoms with E-state index in [0.717, 1.165) is 68.2 Å². The standard InChI is InChI=1S/C27H32N4O2S/c32-26(29-25(21-7-3-1-4-8-21)22-9-5-2-6-10-22)31-16-11-23(12-17-31)30-18-13-24(14-19-30)33-27-28-15-20-34-27/h1-10,15,20,23-25H,11-14,16-19H2,(H,29,32). The fourth-order valence-electron chi connectivity index (χ4n) is 5.07. The lowest BCUT2D eigenvalue weighted by atomic mass is 9.98. The quantitative estimate of drug-likeness (QED) is 0.547. The Balaban J connectivity index is 1.13. The number of benzene rings is 2. The molecule has 0 spiro atoms. The van der Waals surface area contributed by atoms with Crippen LogP contribution in [0.1, 0.15) is 42.9 Å². The van der Waals surface area contributed by atoms with Crippen LogP contribution in [0, 0.1) is 0 Å². The Morgan fingerprint density at radius 1 is 0.912 bits per heavy atom. The summed E-state index contributed by atoms with van der Waals surface area (Å²) in [5.41, 5.74) is 2.19. The van der Waals surface area contributed by atoms with Crippen molar-refractivity contribution in [2.75, 3.05) is 26.2 Å². The number of hydrogen-bond donors (Lipinski definition) is 1. The molecule has 0 radical (unpaired) electrons. The Morgan fingerprint density at radius 2 is 1.53 bits per heavy atom. The lowest BCUT2D eigenvalue weighted by molar-refractivity contribution is 0.0533. The summed E-state index contributed by atoms with van der Waals surface area (Å²) in [5.74, 6) is 0. The maximum absolute atomic E-state index is 13.2. The molecule has 178 valence electrons. The fourth-order valence-corrected chi connectivity index (χ4v) is 5.62. The van der Waals surface area contributed by atoms with Gasteiger partial charge in [0.2, 0.25) is 0 Å². The predicted molar refractivity (Wildman–Crippen MR) is 135 cm³/mol. The van der Waals surface area contributed by atoms with E-state index in [2.05, 4.69) is 39.5 Å². The van der Waals surface area contributed by atoms with Crippen LogP contribution in [0.3, 0.4) is 0 Å². The SMILES string of the molecule is O=C(NC(c1ccccc1)c1ccccc1)N1CCC(N2CCC(Oc3nccs3)CC2)CC1. The van der Waals surface area contributed by atoms with E-state index < -0.39 is 0 Å². The topological polar surface area (TPSA) is 57.7 Å². The van der Waals surface area contributed by atoms with Gasteiger partial charge in [0, 0.05) is 43.8 Å². The van der Waals surface area contributed by atoms with Gasteiger partial charge in [-0.25, -0.2) is 9.78 Å². The number of carbonyl (C=O) groups is 1. The van der Waals surface area contributed by atoms with E-state index >= 15 is 0 Å². The molecule has 2 aromatic carbocycles. The third-order valence-corrected chi connectivity index (χ3v) is 7.62. The molecule has 6 nitrogen and oxygen atoms in total. The number of nitrogens with one attached hydrogen (secondary N) is 1. The first-order valence-electron chi connectivity index (χ1n) is 12.2. The van der Waals surface area contributed by atoms with Gasteiger partial charge in [-0.15, -0.1) is 0 Å². The minimum Gasteiger partial charge on any atom is -0.467 e. The highest BCUT2D eigenvalue weighted by atomic mass is 32.1. The summed E-state index contributed by atoms with van der Waals surface area (Å²) in [7, 11) is 0. The van der Waals surface area contributed by atoms with Gasteiger partial charge in [0.05, 0.1) is 6.04 Å². The van der Waals surface area contributed by atoms with E-state index in [9.17, 15) is 4.79 Å². The first kappa shape index (κ1) is 22.9. The van der Waals surface area contributed by atoms with Gasteiger partial charge in [-0.3, -0.25) is 4.90 Å². The van der Waals surface area contributed by atoms with Crippen LogP contribution in [0.15, 0.2) is 72.2 Å². The molecule has 0 saturated carbocycles. The number of carbonyl (C=O) groups excluding carboxylic acids is 1. The lowest BCUT2D eigenvalue weighted by Gasteiger charge is -2.41. The van der Waals surface area contributed by atoms with E-state index in [1.165, 1.54) is 0 Å². The molecule has 1 N–H and O–H groups in total. The molecule has 1 aromatic heterocycles. The Labute approximate surface area is 205 Å². The zero-order chi connectivity index (χ0) is 23.2. The maximum Gasteiger partial charge on any atom is 0.318 e. The molecular formula is C27H32N4O2S. The molecule has 0 bridgehead atoms. The summed E-state index contributed by atoms with van der Waals surface area (Å²) in [6.45, 7) is 3.69. The van der Waals surface area contributed by atoms with Crippen molar-refractivity contribution < 1.29 is 9.53 Å². The third kappa shape index (κ3) is 5.59. The number of urea groups is 1. The average Bonchev–Trinajstić information content (AvgIpc) is 3.42. The molecule has 7 heteroatoms. The van der Waals surface area contributed by atoms with Crippen molar-refractivity contribution in [2.24, 2.45) is 0 Å². The third-order valence-electron chi connectivity index (χ3n) is 6.96. The smallest absolute Gasteiger partial charge is 0.318 e. The minimum absolute atomic E-state index is 0.0201. The van der Waals surface area contributed by atoms with Crippen molar-refractivity contribution in [1.29, 1.82) is 0 Å². The first-order valence-corrected chi connectivity index (χ1v) is 13.1. The van der Waals surface area contributed by atoms with Gasteiger partial charge in [0.25, 0.3) is 5.19 Å². The summed E-state index contributed by atoms with van der Waals surface area (Å²) in [5, 5.41) is 6.03. The molecule has 5 rings (SSSR count). The van der Waals surface area contributed by atoms with Gasteiger partial charge in [0.15, 0.2) is 0 Å². The zero-order valence-electron chi connectivity index (χ0n) is 19.4. The number of aromatic nitrogens is 1. The van der Waals surface area contributed by atoms with E-state index in [0.29, 0.717) is 6.04 Å². The predicted octanol–water partition coefficient (Wildman–Crippen LogP) is 4.95. The van der Waals surface area contributed by atoms with Crippen molar-refractivity contribution in [3.05, 3.63) is 83.4 Å². The Bertz CT molecular complexity index is 976. The van der Waals surface area contributed by atoms with Crippen LogP contribution in [0.4, 0.5) is 4.79 Å². The van der Waals surface area contributed by atoms with Gasteiger partial charge in [-0.05, 0) is 36.8 Å². The van der Waals surface area contributed by atoms with E-state index in [-0.39, 0.29) is 18.2 Å². The molecule has 0 unspecified atom stereocenters. The maximum atomic E-state index is 13.2. The minimum atomic E-state index is -0.149. The molecule has 2 aliphatic rings. The van der Waals surface area contributed by atoms with E-state index in [1.807, 2.05) is 46.7 Å². The highest BCUT2D eigenvalue weighted by Crippen LogP contribution is 2.26. The number of nitrogens with zero attached hydrogens (tertiary/aromatic N) is 3. The van der Waals surface area contributed by atoms with Gasteiger partial charge in [-0.2, -0.15) is 0 Å². The Hall–Kier alpha value is -2.90. The summed E-state index contributed by atoms with van der Waals surface area (Å²) in [6, 6.07) is 20.8. The molecule has 3 heterocycles. The Kier molecular flexibility index (Phi) is 7.41. The highest BCUT2D eigenvalue weighted by molar-refractivity contribution is 7.11. The summed E-state index contributed by atoms with van der Waals surface area (Å²) in [6.07, 6.45) is 6.17. The van der Waals surface area contributed by atoms with Crippen LogP contribution in [-0.4, -0.2) is 59.1 Å². The molecule has 3 aromatic rings. The zero-order valence-corrected chi connectivity index (χ0v) is 20.2. The Morgan fingerprint density at radius 3 is 2.09 bits per heavy atom. The number of rotatable bonds is 6. The highest BCUT2D eigenvalue weighted by Gasteiger charge is 2.31. The molecule has 34 heavy (non-hydrogen) atoms. The molecule has 2 fully saturated rings. The normalized spacial score (nSPS) is 18.2. The van der Waals surface area contributed by atoms with Crippen LogP contribution in [-0.2, 0) is 0 Å². The number of likely N-dealkylation sites (tertiary alicyclic amines) is 2. The van der Waals surface area contributed by atoms with E-state index in [1.54, 1.807) is 17.5 Å². The lowest BCUT2D eigenvalue weighted by Crippen LogP contribution is -2.52. The van der Waals surface area contributed by atoms with Crippen molar-refractivity contribution >= 4 is 17.4 Å². The number of thiazole rings is 1. The molecular weight excluding hydrogens is 444 g/mol. The van der Waals surface area contributed by atoms with Crippen LogP contribution in [0.25, 0.3) is 0 Å². The second-order valence-electron chi connectivity index (χ2n) is 9.07. The number of amides is 2.